The van der Waals surface area contributed by atoms with Crippen LogP contribution in [-0.4, -0.2) is 95.9 Å². The van der Waals surface area contributed by atoms with Crippen LogP contribution in [0.25, 0.3) is 0 Å². The average molecular weight is 1430 g/mol. The molecule has 5 atom stereocenters. The van der Waals surface area contributed by atoms with Crippen LogP contribution >= 0.6 is 15.6 Å². The topological polar surface area (TPSA) is 231 Å². The molecule has 0 bridgehead atoms. The van der Waals surface area contributed by atoms with E-state index >= 15 is 0 Å². The molecule has 0 aromatic heterocycles. The summed E-state index contributed by atoms with van der Waals surface area (Å²) >= 11 is 0. The van der Waals surface area contributed by atoms with E-state index in [1.165, 1.54) is 103 Å². The fourth-order valence-electron chi connectivity index (χ4n) is 10.3. The summed E-state index contributed by atoms with van der Waals surface area (Å²) in [7, 11) is -9.79. The van der Waals surface area contributed by atoms with Gasteiger partial charge in [-0.2, -0.15) is 0 Å². The Kier molecular flexibility index (Phi) is 70.7. The molecule has 0 aliphatic carbocycles. The van der Waals surface area contributed by atoms with E-state index < -0.39 is 91.5 Å². The molecule has 570 valence electrons. The smallest absolute Gasteiger partial charge is 0.463 e. The summed E-state index contributed by atoms with van der Waals surface area (Å²) in [6.45, 7) is 2.43. The quantitative estimate of drug-likeness (QED) is 0.0146. The van der Waals surface area contributed by atoms with Gasteiger partial charge in [-0.15, -0.1) is 0 Å². The number of phosphoric ester groups is 2. The zero-order valence-corrected chi connectivity index (χ0v) is 63.9. The number of esters is 3. The molecule has 0 aliphatic rings. The number of hydrogen-bond acceptors (Lipinski definition) is 14. The maximum Gasteiger partial charge on any atom is 0.472 e. The minimum atomic E-state index is -4.93. The van der Waals surface area contributed by atoms with Gasteiger partial charge < -0.3 is 34.2 Å². The van der Waals surface area contributed by atoms with Gasteiger partial charge in [0.15, 0.2) is 6.10 Å². The van der Waals surface area contributed by atoms with E-state index in [-0.39, 0.29) is 19.3 Å². The van der Waals surface area contributed by atoms with Crippen molar-refractivity contribution in [2.24, 2.45) is 0 Å². The maximum atomic E-state index is 12.9. The number of allylic oxidation sites excluding steroid dienone is 20. The third-order valence-corrected chi connectivity index (χ3v) is 18.1. The molecule has 0 saturated heterocycles. The third-order valence-electron chi connectivity index (χ3n) is 16.2. The van der Waals surface area contributed by atoms with Gasteiger partial charge in [0.2, 0.25) is 0 Å². The number of hydrogen-bond donors (Lipinski definition) is 4. The summed E-state index contributed by atoms with van der Waals surface area (Å²) in [5.74, 6) is -1.60. The number of ether oxygens (including phenoxy) is 3. The Hall–Kier alpha value is -4.05. The highest BCUT2D eigenvalue weighted by Crippen LogP contribution is 2.45. The normalized spacial score (nSPS) is 14.7. The SMILES string of the molecule is CC/C=C\C/C=C\C/C=C\C/C=C\C/C=C\C/C=C\CCCCCCCCCCCCCCCCC(=O)OCC(O)COP(=O)(O)OCC(O)COP(=O)(O)OCC(COC(=O)CCCCCCC/C=C\C/C=C\C/C=C\CC)OC(=O)CCCCCCC/C=C\CCCCCCCC. The van der Waals surface area contributed by atoms with Gasteiger partial charge in [-0.25, -0.2) is 9.13 Å². The lowest BCUT2D eigenvalue weighted by Crippen LogP contribution is -2.30. The van der Waals surface area contributed by atoms with E-state index in [1.54, 1.807) is 0 Å². The Balaban J connectivity index is 4.42. The first-order chi connectivity index (χ1) is 48.2. The first-order valence-electron chi connectivity index (χ1n) is 38.8. The van der Waals surface area contributed by atoms with Crippen molar-refractivity contribution >= 4 is 33.6 Å². The Morgan fingerprint density at radius 3 is 0.859 bits per heavy atom. The van der Waals surface area contributed by atoms with Crippen LogP contribution in [-0.2, 0) is 55.8 Å². The highest BCUT2D eigenvalue weighted by Gasteiger charge is 2.29. The highest BCUT2D eigenvalue weighted by atomic mass is 31.2. The van der Waals surface area contributed by atoms with Crippen LogP contribution in [0.4, 0.5) is 0 Å². The Labute approximate surface area is 602 Å². The molecule has 4 N–H and O–H groups in total. The predicted molar refractivity (Wildman–Crippen MR) is 408 cm³/mol. The number of aliphatic hydroxyl groups excluding tert-OH is 2. The first kappa shape index (κ1) is 94.9. The fourth-order valence-corrected chi connectivity index (χ4v) is 11.9. The number of phosphoric acid groups is 2. The van der Waals surface area contributed by atoms with Crippen LogP contribution in [0.2, 0.25) is 0 Å². The molecule has 0 amide bonds. The lowest BCUT2D eigenvalue weighted by atomic mass is 10.0. The molecule has 0 rings (SSSR count). The Bertz CT molecular complexity index is 2290. The van der Waals surface area contributed by atoms with Crippen LogP contribution in [0.3, 0.4) is 0 Å². The molecule has 0 aliphatic heterocycles. The van der Waals surface area contributed by atoms with Crippen molar-refractivity contribution < 1.29 is 75.8 Å². The third kappa shape index (κ3) is 74.9. The molecule has 0 fully saturated rings. The largest absolute Gasteiger partial charge is 0.472 e. The zero-order valence-electron chi connectivity index (χ0n) is 62.1. The molecule has 5 unspecified atom stereocenters. The summed E-state index contributed by atoms with van der Waals surface area (Å²) in [5.41, 5.74) is 0. The van der Waals surface area contributed by atoms with Crippen LogP contribution < -0.4 is 0 Å². The molecule has 0 aromatic carbocycles. The molecule has 0 radical (unpaired) electrons. The van der Waals surface area contributed by atoms with Crippen molar-refractivity contribution in [3.8, 4) is 0 Å². The van der Waals surface area contributed by atoms with Crippen LogP contribution in [0.15, 0.2) is 122 Å². The Morgan fingerprint density at radius 2 is 0.535 bits per heavy atom. The van der Waals surface area contributed by atoms with Crippen molar-refractivity contribution in [1.29, 1.82) is 0 Å². The maximum absolute atomic E-state index is 12.9. The van der Waals surface area contributed by atoms with Crippen molar-refractivity contribution in [3.05, 3.63) is 122 Å². The second-order valence-corrected chi connectivity index (χ2v) is 28.7. The van der Waals surface area contributed by atoms with Gasteiger partial charge in [-0.3, -0.25) is 32.5 Å². The Morgan fingerprint density at radius 1 is 0.293 bits per heavy atom. The zero-order chi connectivity index (χ0) is 72.3. The number of aliphatic hydroxyl groups is 2. The van der Waals surface area contributed by atoms with Gasteiger partial charge in [0, 0.05) is 19.3 Å². The van der Waals surface area contributed by atoms with Gasteiger partial charge in [-0.05, 0) is 128 Å². The van der Waals surface area contributed by atoms with Crippen molar-refractivity contribution in [2.75, 3.05) is 39.6 Å². The van der Waals surface area contributed by atoms with Gasteiger partial charge >= 0.3 is 33.6 Å². The van der Waals surface area contributed by atoms with E-state index in [0.29, 0.717) is 19.3 Å². The van der Waals surface area contributed by atoms with E-state index in [4.69, 9.17) is 32.3 Å². The molecule has 0 spiro atoms. The number of carbonyl (C=O) groups is 3. The molecule has 0 heterocycles. The summed E-state index contributed by atoms with van der Waals surface area (Å²) in [5, 5.41) is 20.6. The van der Waals surface area contributed by atoms with Gasteiger partial charge in [0.05, 0.1) is 26.4 Å². The number of unbranched alkanes of at least 4 members (excludes halogenated alkanes) is 30. The summed E-state index contributed by atoms with van der Waals surface area (Å²) < 4.78 is 61.0. The fraction of sp³-hybridized carbons (Fsp3) is 0.716. The number of rotatable bonds is 73. The minimum absolute atomic E-state index is 0.0905. The molecule has 0 aromatic rings. The lowest BCUT2D eigenvalue weighted by Gasteiger charge is -2.21. The molecule has 0 saturated carbocycles. The standard InChI is InChI=1S/C81H140O16P2/c1-4-7-10-13-16-19-22-25-28-29-30-31-32-33-34-35-36-37-38-39-40-41-42-43-44-45-48-50-52-55-58-61-64-67-79(84)91-70-76(82)71-93-98(87,88)94-72-77(83)73-95-99(89,90)96-75-78(97-81(86)69-66-63-60-57-54-51-47-27-24-21-18-15-12-9-6-3)74-92-80(85)68-65-62-59-56-53-49-46-26-23-20-17-14-11-8-5-2/h7-8,10-11,16-17,19-20,25-28,30-31,33-34,36-37,46-47,76-78,82-83H,4-6,9,12-15,18,21-24,29,32,35,38-45,48-75H2,1-3H3,(H,87,88)(H,89,90)/b10-7-,11-8-,19-16-,20-17-,28-25-,31-30-,34-33-,37-36-,46-26-,47-27-. The van der Waals surface area contributed by atoms with Crippen molar-refractivity contribution in [1.82, 2.24) is 0 Å². The summed E-state index contributed by atoms with van der Waals surface area (Å²) in [4.78, 5) is 58.5. The van der Waals surface area contributed by atoms with Crippen LogP contribution in [0.1, 0.15) is 316 Å². The average Bonchev–Trinajstić information content (AvgIpc) is 1.43. The molecular weight excluding hydrogens is 1290 g/mol. The van der Waals surface area contributed by atoms with Crippen LogP contribution in [0, 0.1) is 0 Å². The second-order valence-electron chi connectivity index (χ2n) is 25.7. The molecular formula is C81H140O16P2. The van der Waals surface area contributed by atoms with Gasteiger partial charge in [0.1, 0.15) is 25.4 Å². The van der Waals surface area contributed by atoms with Crippen molar-refractivity contribution in [2.45, 2.75) is 334 Å². The first-order valence-corrected chi connectivity index (χ1v) is 41.8. The monoisotopic (exact) mass is 1430 g/mol. The van der Waals surface area contributed by atoms with Gasteiger partial charge in [-0.1, -0.05) is 290 Å². The molecule has 16 nitrogen and oxygen atoms in total. The van der Waals surface area contributed by atoms with Crippen LogP contribution in [0.5, 0.6) is 0 Å². The minimum Gasteiger partial charge on any atom is -0.463 e. The molecule has 99 heavy (non-hydrogen) atoms. The summed E-state index contributed by atoms with van der Waals surface area (Å²) in [6, 6.07) is 0. The predicted octanol–water partition coefficient (Wildman–Crippen LogP) is 22.5. The number of carbonyl (C=O) groups excluding carboxylic acids is 3. The lowest BCUT2D eigenvalue weighted by molar-refractivity contribution is -0.161. The summed E-state index contributed by atoms with van der Waals surface area (Å²) in [6.07, 6.45) is 86.9. The van der Waals surface area contributed by atoms with E-state index in [9.17, 15) is 43.5 Å². The van der Waals surface area contributed by atoms with Gasteiger partial charge in [0.25, 0.3) is 0 Å². The van der Waals surface area contributed by atoms with E-state index in [0.717, 1.165) is 154 Å². The highest BCUT2D eigenvalue weighted by molar-refractivity contribution is 7.47. The van der Waals surface area contributed by atoms with E-state index in [1.807, 2.05) is 0 Å². The van der Waals surface area contributed by atoms with Crippen molar-refractivity contribution in [3.63, 3.8) is 0 Å². The van der Waals surface area contributed by atoms with E-state index in [2.05, 4.69) is 142 Å². The second kappa shape index (κ2) is 73.7. The molecule has 18 heteroatoms.